The lowest BCUT2D eigenvalue weighted by Crippen LogP contribution is -2.24. The first-order valence-corrected chi connectivity index (χ1v) is 12.4. The quantitative estimate of drug-likeness (QED) is 0.314. The molecule has 0 radical (unpaired) electrons. The number of rotatable bonds is 12. The Balaban J connectivity index is 1.07. The van der Waals surface area contributed by atoms with Gasteiger partial charge in [-0.2, -0.15) is 0 Å². The molecule has 2 N–H and O–H groups in total. The summed E-state index contributed by atoms with van der Waals surface area (Å²) < 4.78 is 12.9. The van der Waals surface area contributed by atoms with E-state index in [-0.39, 0.29) is 11.7 Å². The molecule has 4 nitrogen and oxygen atoms in total. The van der Waals surface area contributed by atoms with Crippen molar-refractivity contribution in [2.75, 3.05) is 18.4 Å². The minimum atomic E-state index is -0.323. The number of carbonyl (C=O) groups is 1. The Bertz CT molecular complexity index is 1060. The molecular formula is C28H34FN3O. The number of pyridine rings is 1. The van der Waals surface area contributed by atoms with E-state index in [4.69, 9.17) is 4.98 Å². The van der Waals surface area contributed by atoms with Gasteiger partial charge >= 0.3 is 0 Å². The molecule has 0 fully saturated rings. The van der Waals surface area contributed by atoms with Crippen LogP contribution in [0.2, 0.25) is 0 Å². The largest absolute Gasteiger partial charge is 0.384 e. The van der Waals surface area contributed by atoms with Crippen molar-refractivity contribution in [3.8, 4) is 0 Å². The molecular weight excluding hydrogens is 413 g/mol. The van der Waals surface area contributed by atoms with E-state index in [1.54, 1.807) is 0 Å². The monoisotopic (exact) mass is 447 g/mol. The third-order valence-electron chi connectivity index (χ3n) is 6.47. The molecule has 2 aromatic carbocycles. The smallest absolute Gasteiger partial charge is 0.251 e. The summed E-state index contributed by atoms with van der Waals surface area (Å²) in [6.07, 6.45) is 11.7. The highest BCUT2D eigenvalue weighted by Crippen LogP contribution is 2.33. The van der Waals surface area contributed by atoms with Crippen molar-refractivity contribution < 1.29 is 9.18 Å². The van der Waals surface area contributed by atoms with Crippen molar-refractivity contribution in [3.63, 3.8) is 0 Å². The maximum Gasteiger partial charge on any atom is 0.251 e. The van der Waals surface area contributed by atoms with Crippen LogP contribution in [0.5, 0.6) is 0 Å². The van der Waals surface area contributed by atoms with E-state index in [1.165, 1.54) is 85.1 Å². The highest BCUT2D eigenvalue weighted by molar-refractivity contribution is 5.94. The lowest BCUT2D eigenvalue weighted by atomic mass is 10.1. The molecule has 1 aliphatic rings. The summed E-state index contributed by atoms with van der Waals surface area (Å²) in [4.78, 5) is 16.9. The number of halogens is 1. The highest BCUT2D eigenvalue weighted by Gasteiger charge is 2.19. The molecule has 174 valence electrons. The zero-order chi connectivity index (χ0) is 22.9. The first-order chi connectivity index (χ1) is 16.2. The molecule has 0 saturated carbocycles. The SMILES string of the molecule is O=C(NCCCCCCCCCNc1c2c(nc3ccccc13)CCC2)c1ccc(F)cc1. The summed E-state index contributed by atoms with van der Waals surface area (Å²) in [5.41, 5.74) is 5.64. The predicted octanol–water partition coefficient (Wildman–Crippen LogP) is 6.44. The lowest BCUT2D eigenvalue weighted by molar-refractivity contribution is 0.0953. The maximum absolute atomic E-state index is 12.9. The van der Waals surface area contributed by atoms with E-state index in [0.717, 1.165) is 37.7 Å². The van der Waals surface area contributed by atoms with Gasteiger partial charge in [-0.25, -0.2) is 4.39 Å². The first kappa shape index (κ1) is 23.2. The minimum Gasteiger partial charge on any atom is -0.384 e. The van der Waals surface area contributed by atoms with Gasteiger partial charge in [0.2, 0.25) is 0 Å². The van der Waals surface area contributed by atoms with Crippen LogP contribution in [0.25, 0.3) is 10.9 Å². The second-order valence-electron chi connectivity index (χ2n) is 8.95. The number of aromatic nitrogens is 1. The van der Waals surface area contributed by atoms with Crippen LogP contribution < -0.4 is 10.6 Å². The van der Waals surface area contributed by atoms with Crippen molar-refractivity contribution >= 4 is 22.5 Å². The summed E-state index contributed by atoms with van der Waals surface area (Å²) in [5, 5.41) is 7.90. The minimum absolute atomic E-state index is 0.130. The average molecular weight is 448 g/mol. The Morgan fingerprint density at radius 3 is 2.33 bits per heavy atom. The molecule has 0 aliphatic heterocycles. The molecule has 0 atom stereocenters. The summed E-state index contributed by atoms with van der Waals surface area (Å²) in [7, 11) is 0. The Labute approximate surface area is 196 Å². The van der Waals surface area contributed by atoms with Gasteiger partial charge in [0.15, 0.2) is 0 Å². The van der Waals surface area contributed by atoms with E-state index < -0.39 is 0 Å². The number of para-hydroxylation sites is 1. The molecule has 0 bridgehead atoms. The Hall–Kier alpha value is -2.95. The van der Waals surface area contributed by atoms with Gasteiger partial charge in [0.05, 0.1) is 5.52 Å². The fourth-order valence-corrected chi connectivity index (χ4v) is 4.67. The van der Waals surface area contributed by atoms with Gasteiger partial charge in [0, 0.05) is 35.4 Å². The molecule has 5 heteroatoms. The van der Waals surface area contributed by atoms with E-state index in [2.05, 4.69) is 34.9 Å². The van der Waals surface area contributed by atoms with Crippen LogP contribution in [0.15, 0.2) is 48.5 Å². The van der Waals surface area contributed by atoms with E-state index in [1.807, 2.05) is 0 Å². The Morgan fingerprint density at radius 1 is 0.848 bits per heavy atom. The van der Waals surface area contributed by atoms with Gasteiger partial charge in [-0.3, -0.25) is 9.78 Å². The van der Waals surface area contributed by atoms with Crippen molar-refractivity contribution in [1.82, 2.24) is 10.3 Å². The van der Waals surface area contributed by atoms with Crippen LogP contribution in [-0.4, -0.2) is 24.0 Å². The lowest BCUT2D eigenvalue weighted by Gasteiger charge is -2.14. The zero-order valence-corrected chi connectivity index (χ0v) is 19.3. The van der Waals surface area contributed by atoms with E-state index in [9.17, 15) is 9.18 Å². The number of anilines is 1. The van der Waals surface area contributed by atoms with Gasteiger partial charge in [-0.1, -0.05) is 50.3 Å². The molecule has 4 rings (SSSR count). The van der Waals surface area contributed by atoms with Gasteiger partial charge in [-0.15, -0.1) is 0 Å². The van der Waals surface area contributed by atoms with Gasteiger partial charge in [0.25, 0.3) is 5.91 Å². The predicted molar refractivity (Wildman–Crippen MR) is 133 cm³/mol. The second kappa shape index (κ2) is 11.8. The average Bonchev–Trinajstić information content (AvgIpc) is 3.30. The van der Waals surface area contributed by atoms with Crippen LogP contribution in [-0.2, 0) is 12.8 Å². The molecule has 1 amide bonds. The van der Waals surface area contributed by atoms with Crippen LogP contribution >= 0.6 is 0 Å². The van der Waals surface area contributed by atoms with Crippen LogP contribution in [0.3, 0.4) is 0 Å². The number of hydrogen-bond acceptors (Lipinski definition) is 3. The molecule has 33 heavy (non-hydrogen) atoms. The van der Waals surface area contributed by atoms with Crippen molar-refractivity contribution in [1.29, 1.82) is 0 Å². The Morgan fingerprint density at radius 2 is 1.55 bits per heavy atom. The number of unbranched alkanes of at least 4 members (excludes halogenated alkanes) is 6. The molecule has 0 spiro atoms. The highest BCUT2D eigenvalue weighted by atomic mass is 19.1. The van der Waals surface area contributed by atoms with Crippen LogP contribution in [0.4, 0.5) is 10.1 Å². The van der Waals surface area contributed by atoms with Crippen molar-refractivity contribution in [3.05, 3.63) is 71.2 Å². The summed E-state index contributed by atoms with van der Waals surface area (Å²) in [6, 6.07) is 14.1. The number of nitrogens with zero attached hydrogens (tertiary/aromatic N) is 1. The normalized spacial score (nSPS) is 12.6. The number of benzene rings is 2. The maximum atomic E-state index is 12.9. The number of aryl methyl sites for hydroxylation is 1. The van der Waals surface area contributed by atoms with Crippen molar-refractivity contribution in [2.45, 2.75) is 64.2 Å². The van der Waals surface area contributed by atoms with Gasteiger partial charge < -0.3 is 10.6 Å². The van der Waals surface area contributed by atoms with Crippen LogP contribution in [0.1, 0.15) is 73.0 Å². The number of fused-ring (bicyclic) bond motifs is 2. The van der Waals surface area contributed by atoms with Crippen LogP contribution in [0, 0.1) is 5.82 Å². The molecule has 1 aromatic heterocycles. The number of nitrogens with one attached hydrogen (secondary N) is 2. The standard InChI is InChI=1S/C28H34FN3O/c29-22-17-15-21(16-18-22)28(33)31-20-9-5-3-1-2-4-8-19-30-27-23-11-6-7-13-25(23)32-26-14-10-12-24(26)27/h6-7,11,13,15-18H,1-5,8-10,12,14,19-20H2,(H,30,32)(H,31,33). The third-order valence-corrected chi connectivity index (χ3v) is 6.47. The fraction of sp³-hybridized carbons (Fsp3) is 0.429. The number of carbonyl (C=O) groups excluding carboxylic acids is 1. The topological polar surface area (TPSA) is 54.0 Å². The molecule has 3 aromatic rings. The number of amides is 1. The Kier molecular flexibility index (Phi) is 8.29. The summed E-state index contributed by atoms with van der Waals surface area (Å²) in [5.74, 6) is -0.452. The molecule has 1 heterocycles. The van der Waals surface area contributed by atoms with E-state index >= 15 is 0 Å². The number of hydrogen-bond donors (Lipinski definition) is 2. The van der Waals surface area contributed by atoms with Gasteiger partial charge in [-0.05, 0) is 68.0 Å². The molecule has 0 unspecified atom stereocenters. The van der Waals surface area contributed by atoms with Gasteiger partial charge in [0.1, 0.15) is 5.82 Å². The van der Waals surface area contributed by atoms with E-state index in [0.29, 0.717) is 12.1 Å². The first-order valence-electron chi connectivity index (χ1n) is 12.4. The summed E-state index contributed by atoms with van der Waals surface area (Å²) in [6.45, 7) is 1.68. The fourth-order valence-electron chi connectivity index (χ4n) is 4.67. The summed E-state index contributed by atoms with van der Waals surface area (Å²) >= 11 is 0. The molecule has 0 saturated heterocycles. The molecule has 1 aliphatic carbocycles. The zero-order valence-electron chi connectivity index (χ0n) is 19.3. The van der Waals surface area contributed by atoms with Crippen molar-refractivity contribution in [2.24, 2.45) is 0 Å². The third kappa shape index (κ3) is 6.31. The second-order valence-corrected chi connectivity index (χ2v) is 8.95.